The first-order chi connectivity index (χ1) is 11.2. The first-order valence-electron chi connectivity index (χ1n) is 7.39. The van der Waals surface area contributed by atoms with Crippen LogP contribution in [0, 0.1) is 13.8 Å². The summed E-state index contributed by atoms with van der Waals surface area (Å²) in [6, 6.07) is -0.0832. The molecule has 0 radical (unpaired) electrons. The Balaban J connectivity index is 1.78. The van der Waals surface area contributed by atoms with Gasteiger partial charge in [0, 0.05) is 17.7 Å². The van der Waals surface area contributed by atoms with E-state index in [-0.39, 0.29) is 24.3 Å². The van der Waals surface area contributed by atoms with Gasteiger partial charge < -0.3 is 5.32 Å². The third kappa shape index (κ3) is 3.39. The number of carbonyl (C=O) groups is 1. The molecule has 2 aromatic rings. The van der Waals surface area contributed by atoms with E-state index in [1.807, 2.05) is 13.8 Å². The van der Waals surface area contributed by atoms with Crippen molar-refractivity contribution >= 4 is 5.91 Å². The number of aromatic nitrogens is 6. The minimum Gasteiger partial charge on any atom is -0.349 e. The normalized spacial score (nSPS) is 18.2. The fourth-order valence-electron chi connectivity index (χ4n) is 2.90. The van der Waals surface area contributed by atoms with Crippen molar-refractivity contribution in [2.75, 3.05) is 0 Å². The molecule has 1 fully saturated rings. The van der Waals surface area contributed by atoms with Crippen molar-refractivity contribution in [3.63, 3.8) is 0 Å². The molecular weight excluding hydrogens is 327 g/mol. The highest BCUT2D eigenvalue weighted by molar-refractivity contribution is 5.78. The lowest BCUT2D eigenvalue weighted by atomic mass is 10.0. The molecule has 24 heavy (non-hydrogen) atoms. The van der Waals surface area contributed by atoms with Crippen molar-refractivity contribution in [1.29, 1.82) is 0 Å². The van der Waals surface area contributed by atoms with Crippen LogP contribution in [0.25, 0.3) is 0 Å². The van der Waals surface area contributed by atoms with Gasteiger partial charge in [0.25, 0.3) is 0 Å². The SMILES string of the molecule is Cc1nn(Cc2nnn(CC(F)(F)F)n2)c(C)c1C1CCC(=O)N1. The summed E-state index contributed by atoms with van der Waals surface area (Å²) in [4.78, 5) is 11.9. The van der Waals surface area contributed by atoms with Crippen LogP contribution < -0.4 is 5.32 Å². The van der Waals surface area contributed by atoms with Crippen LogP contribution in [-0.2, 0) is 17.9 Å². The van der Waals surface area contributed by atoms with Gasteiger partial charge in [-0.1, -0.05) is 0 Å². The number of hydrogen-bond acceptors (Lipinski definition) is 5. The lowest BCUT2D eigenvalue weighted by Gasteiger charge is -2.10. The molecule has 0 bridgehead atoms. The van der Waals surface area contributed by atoms with Crippen LogP contribution in [0.5, 0.6) is 0 Å². The fourth-order valence-corrected chi connectivity index (χ4v) is 2.90. The first-order valence-corrected chi connectivity index (χ1v) is 7.39. The van der Waals surface area contributed by atoms with Crippen molar-refractivity contribution in [3.8, 4) is 0 Å². The maximum atomic E-state index is 12.3. The molecule has 1 aliphatic rings. The Labute approximate surface area is 135 Å². The highest BCUT2D eigenvalue weighted by atomic mass is 19.4. The smallest absolute Gasteiger partial charge is 0.349 e. The van der Waals surface area contributed by atoms with Gasteiger partial charge in [0.15, 0.2) is 12.4 Å². The molecule has 1 aliphatic heterocycles. The third-order valence-corrected chi connectivity index (χ3v) is 3.89. The van der Waals surface area contributed by atoms with Gasteiger partial charge in [-0.25, -0.2) is 0 Å². The van der Waals surface area contributed by atoms with Gasteiger partial charge in [0.05, 0.1) is 11.7 Å². The molecule has 1 unspecified atom stereocenters. The molecule has 8 nitrogen and oxygen atoms in total. The molecule has 2 aromatic heterocycles. The summed E-state index contributed by atoms with van der Waals surface area (Å²) in [5.41, 5.74) is 2.53. The van der Waals surface area contributed by atoms with Gasteiger partial charge >= 0.3 is 6.18 Å². The van der Waals surface area contributed by atoms with Gasteiger partial charge in [-0.05, 0) is 25.5 Å². The zero-order valence-electron chi connectivity index (χ0n) is 13.1. The van der Waals surface area contributed by atoms with Crippen LogP contribution >= 0.6 is 0 Å². The van der Waals surface area contributed by atoms with E-state index in [0.29, 0.717) is 17.6 Å². The first kappa shape index (κ1) is 16.4. The van der Waals surface area contributed by atoms with Gasteiger partial charge in [0.2, 0.25) is 5.91 Å². The molecule has 3 heterocycles. The third-order valence-electron chi connectivity index (χ3n) is 3.89. The van der Waals surface area contributed by atoms with Crippen LogP contribution in [0.3, 0.4) is 0 Å². The minimum atomic E-state index is -4.40. The van der Waals surface area contributed by atoms with E-state index in [4.69, 9.17) is 0 Å². The molecule has 130 valence electrons. The number of alkyl halides is 3. The number of carbonyl (C=O) groups excluding carboxylic acids is 1. The number of tetrazole rings is 1. The van der Waals surface area contributed by atoms with E-state index in [1.165, 1.54) is 0 Å². The van der Waals surface area contributed by atoms with Gasteiger partial charge in [0.1, 0.15) is 6.54 Å². The summed E-state index contributed by atoms with van der Waals surface area (Å²) in [7, 11) is 0. The number of amides is 1. The van der Waals surface area contributed by atoms with E-state index in [1.54, 1.807) is 4.68 Å². The van der Waals surface area contributed by atoms with E-state index >= 15 is 0 Å². The summed E-state index contributed by atoms with van der Waals surface area (Å²) in [6.07, 6.45) is -3.22. The summed E-state index contributed by atoms with van der Waals surface area (Å²) in [6.45, 7) is 2.51. The highest BCUT2D eigenvalue weighted by Gasteiger charge is 2.30. The van der Waals surface area contributed by atoms with Crippen molar-refractivity contribution < 1.29 is 18.0 Å². The lowest BCUT2D eigenvalue weighted by molar-refractivity contribution is -0.145. The van der Waals surface area contributed by atoms with E-state index in [9.17, 15) is 18.0 Å². The predicted molar refractivity (Wildman–Crippen MR) is 74.8 cm³/mol. The van der Waals surface area contributed by atoms with Gasteiger partial charge in [-0.3, -0.25) is 9.48 Å². The quantitative estimate of drug-likeness (QED) is 0.896. The predicted octanol–water partition coefficient (Wildman–Crippen LogP) is 1.05. The zero-order valence-corrected chi connectivity index (χ0v) is 13.1. The van der Waals surface area contributed by atoms with E-state index in [2.05, 4.69) is 25.8 Å². The van der Waals surface area contributed by atoms with Crippen molar-refractivity contribution in [2.24, 2.45) is 0 Å². The number of halogens is 3. The average molecular weight is 343 g/mol. The molecule has 1 amide bonds. The molecule has 3 rings (SSSR count). The maximum absolute atomic E-state index is 12.3. The summed E-state index contributed by atoms with van der Waals surface area (Å²) < 4.78 is 38.6. The van der Waals surface area contributed by atoms with Crippen molar-refractivity contribution in [1.82, 2.24) is 35.3 Å². The Kier molecular flexibility index (Phi) is 4.01. The second-order valence-corrected chi connectivity index (χ2v) is 5.75. The monoisotopic (exact) mass is 343 g/mol. The number of nitrogens with one attached hydrogen (secondary N) is 1. The molecule has 0 saturated carbocycles. The Hall–Kier alpha value is -2.46. The van der Waals surface area contributed by atoms with Crippen LogP contribution in [0.2, 0.25) is 0 Å². The van der Waals surface area contributed by atoms with Crippen LogP contribution in [-0.4, -0.2) is 42.1 Å². The fraction of sp³-hybridized carbons (Fsp3) is 0.615. The average Bonchev–Trinajstić information content (AvgIpc) is 3.11. The molecule has 1 atom stereocenters. The largest absolute Gasteiger partial charge is 0.409 e. The standard InChI is InChI=1S/C13H16F3N7O/c1-7-12(9-3-4-11(24)17-9)8(2)22(19-7)5-10-18-21-23(20-10)6-13(14,15)16/h9H,3-6H2,1-2H3,(H,17,24). The molecule has 0 aliphatic carbocycles. The van der Waals surface area contributed by atoms with Crippen molar-refractivity contribution in [2.45, 2.75) is 52.0 Å². The summed E-state index contributed by atoms with van der Waals surface area (Å²) >= 11 is 0. The van der Waals surface area contributed by atoms with Crippen LogP contribution in [0.4, 0.5) is 13.2 Å². The number of nitrogens with zero attached hydrogens (tertiary/aromatic N) is 6. The lowest BCUT2D eigenvalue weighted by Crippen LogP contribution is -2.20. The Bertz CT molecular complexity index is 764. The Morgan fingerprint density at radius 2 is 2.04 bits per heavy atom. The zero-order chi connectivity index (χ0) is 17.5. The second kappa shape index (κ2) is 5.87. The molecule has 0 aromatic carbocycles. The van der Waals surface area contributed by atoms with Gasteiger partial charge in [-0.15, -0.1) is 10.2 Å². The summed E-state index contributed by atoms with van der Waals surface area (Å²) in [5.74, 6) is 0.148. The highest BCUT2D eigenvalue weighted by Crippen LogP contribution is 2.29. The van der Waals surface area contributed by atoms with Crippen molar-refractivity contribution in [3.05, 3.63) is 22.8 Å². The van der Waals surface area contributed by atoms with Crippen LogP contribution in [0.15, 0.2) is 0 Å². The Morgan fingerprint density at radius 1 is 1.29 bits per heavy atom. The number of rotatable bonds is 4. The van der Waals surface area contributed by atoms with Gasteiger partial charge in [-0.2, -0.15) is 23.1 Å². The Morgan fingerprint density at radius 3 is 2.67 bits per heavy atom. The number of aryl methyl sites for hydroxylation is 1. The van der Waals surface area contributed by atoms with E-state index in [0.717, 1.165) is 17.0 Å². The van der Waals surface area contributed by atoms with Crippen LogP contribution in [0.1, 0.15) is 41.7 Å². The second-order valence-electron chi connectivity index (χ2n) is 5.75. The summed E-state index contributed by atoms with van der Waals surface area (Å²) in [5, 5.41) is 18.0. The molecular formula is C13H16F3N7O. The van der Waals surface area contributed by atoms with E-state index < -0.39 is 12.7 Å². The molecule has 0 spiro atoms. The molecule has 1 saturated heterocycles. The molecule has 1 N–H and O–H groups in total. The number of hydrogen-bond donors (Lipinski definition) is 1. The molecule has 11 heteroatoms. The minimum absolute atomic E-state index is 0.00307. The maximum Gasteiger partial charge on any atom is 0.409 e. The topological polar surface area (TPSA) is 90.5 Å².